The van der Waals surface area contributed by atoms with Crippen LogP contribution < -0.4 is 10.2 Å². The molecule has 6 heteroatoms. The number of halogens is 1. The summed E-state index contributed by atoms with van der Waals surface area (Å²) in [5, 5.41) is 13.1. The molecule has 0 radical (unpaired) electrons. The molecule has 0 aliphatic carbocycles. The minimum atomic E-state index is -0.529. The van der Waals surface area contributed by atoms with Crippen LogP contribution in [0.2, 0.25) is 0 Å². The molecule has 2 N–H and O–H groups in total. The fourth-order valence-corrected chi connectivity index (χ4v) is 1.65. The highest BCUT2D eigenvalue weighted by Crippen LogP contribution is 2.15. The lowest BCUT2D eigenvalue weighted by molar-refractivity contribution is -0.123. The van der Waals surface area contributed by atoms with E-state index in [1.54, 1.807) is 25.1 Å². The first kappa shape index (κ1) is 15.5. The SMILES string of the molecule is CC(=NNC(=O)COc1ccccc1F)c1ccc(O)cc1. The molecule has 0 aliphatic rings. The van der Waals surface area contributed by atoms with Gasteiger partial charge in [0.2, 0.25) is 0 Å². The van der Waals surface area contributed by atoms with Gasteiger partial charge in [-0.15, -0.1) is 0 Å². The van der Waals surface area contributed by atoms with E-state index < -0.39 is 11.7 Å². The molecule has 0 saturated carbocycles. The Kier molecular flexibility index (Phi) is 5.08. The number of hydrogen-bond acceptors (Lipinski definition) is 4. The Morgan fingerprint density at radius 3 is 2.59 bits per heavy atom. The van der Waals surface area contributed by atoms with Crippen LogP contribution in [-0.4, -0.2) is 23.3 Å². The molecule has 114 valence electrons. The number of nitrogens with zero attached hydrogens (tertiary/aromatic N) is 1. The number of phenols is 1. The van der Waals surface area contributed by atoms with Gasteiger partial charge >= 0.3 is 0 Å². The average Bonchev–Trinajstić information content (AvgIpc) is 2.52. The number of carbonyl (C=O) groups is 1. The largest absolute Gasteiger partial charge is 0.508 e. The zero-order valence-electron chi connectivity index (χ0n) is 11.9. The zero-order chi connectivity index (χ0) is 15.9. The summed E-state index contributed by atoms with van der Waals surface area (Å²) in [6.45, 7) is 1.37. The molecule has 0 unspecified atom stereocenters. The van der Waals surface area contributed by atoms with Crippen LogP contribution in [0.4, 0.5) is 4.39 Å². The fourth-order valence-electron chi connectivity index (χ4n) is 1.65. The molecule has 0 spiro atoms. The van der Waals surface area contributed by atoms with E-state index in [4.69, 9.17) is 4.74 Å². The van der Waals surface area contributed by atoms with Gasteiger partial charge in [-0.1, -0.05) is 12.1 Å². The molecule has 0 aromatic heterocycles. The third kappa shape index (κ3) is 4.31. The van der Waals surface area contributed by atoms with Gasteiger partial charge in [0.05, 0.1) is 5.71 Å². The molecular weight excluding hydrogens is 287 g/mol. The maximum Gasteiger partial charge on any atom is 0.277 e. The van der Waals surface area contributed by atoms with Gasteiger partial charge in [-0.05, 0) is 48.9 Å². The monoisotopic (exact) mass is 302 g/mol. The molecule has 2 rings (SSSR count). The quantitative estimate of drug-likeness (QED) is 0.658. The Morgan fingerprint density at radius 2 is 1.91 bits per heavy atom. The van der Waals surface area contributed by atoms with Crippen molar-refractivity contribution >= 4 is 11.6 Å². The summed E-state index contributed by atoms with van der Waals surface area (Å²) in [6.07, 6.45) is 0. The minimum Gasteiger partial charge on any atom is -0.508 e. The predicted molar refractivity (Wildman–Crippen MR) is 80.4 cm³/mol. The molecular formula is C16H15FN2O3. The van der Waals surface area contributed by atoms with Gasteiger partial charge in [-0.25, -0.2) is 9.82 Å². The van der Waals surface area contributed by atoms with E-state index in [1.807, 2.05) is 0 Å². The summed E-state index contributed by atoms with van der Waals surface area (Å²) in [6, 6.07) is 12.2. The Bertz CT molecular complexity index is 684. The van der Waals surface area contributed by atoms with Gasteiger partial charge in [0.25, 0.3) is 5.91 Å². The molecule has 0 atom stereocenters. The number of ether oxygens (including phenoxy) is 1. The smallest absolute Gasteiger partial charge is 0.277 e. The second-order valence-electron chi connectivity index (χ2n) is 4.50. The van der Waals surface area contributed by atoms with Crippen LogP contribution in [0.5, 0.6) is 11.5 Å². The Balaban J connectivity index is 1.88. The van der Waals surface area contributed by atoms with E-state index in [1.165, 1.54) is 30.3 Å². The molecule has 1 amide bonds. The van der Waals surface area contributed by atoms with Crippen molar-refractivity contribution < 1.29 is 19.0 Å². The number of benzene rings is 2. The van der Waals surface area contributed by atoms with Crippen molar-refractivity contribution in [3.05, 3.63) is 59.9 Å². The van der Waals surface area contributed by atoms with Crippen molar-refractivity contribution in [3.8, 4) is 11.5 Å². The van der Waals surface area contributed by atoms with Crippen molar-refractivity contribution in [1.29, 1.82) is 0 Å². The first-order valence-electron chi connectivity index (χ1n) is 6.56. The Morgan fingerprint density at radius 1 is 1.23 bits per heavy atom. The van der Waals surface area contributed by atoms with Crippen molar-refractivity contribution in [3.63, 3.8) is 0 Å². The maximum absolute atomic E-state index is 13.3. The lowest BCUT2D eigenvalue weighted by atomic mass is 10.1. The maximum atomic E-state index is 13.3. The second-order valence-corrected chi connectivity index (χ2v) is 4.50. The molecule has 0 heterocycles. The van der Waals surface area contributed by atoms with Crippen LogP contribution >= 0.6 is 0 Å². The van der Waals surface area contributed by atoms with E-state index >= 15 is 0 Å². The first-order chi connectivity index (χ1) is 10.6. The van der Waals surface area contributed by atoms with Crippen molar-refractivity contribution in [2.75, 3.05) is 6.61 Å². The molecule has 2 aromatic rings. The molecule has 2 aromatic carbocycles. The molecule has 0 fully saturated rings. The van der Waals surface area contributed by atoms with Crippen LogP contribution in [0.1, 0.15) is 12.5 Å². The van der Waals surface area contributed by atoms with E-state index in [9.17, 15) is 14.3 Å². The van der Waals surface area contributed by atoms with E-state index in [0.29, 0.717) is 5.71 Å². The predicted octanol–water partition coefficient (Wildman–Crippen LogP) is 2.45. The summed E-state index contributed by atoms with van der Waals surface area (Å²) in [7, 11) is 0. The lowest BCUT2D eigenvalue weighted by Crippen LogP contribution is -2.25. The van der Waals surface area contributed by atoms with Crippen LogP contribution in [-0.2, 0) is 4.79 Å². The third-order valence-corrected chi connectivity index (χ3v) is 2.83. The van der Waals surface area contributed by atoms with Crippen LogP contribution in [0.3, 0.4) is 0 Å². The highest BCUT2D eigenvalue weighted by Gasteiger charge is 2.06. The number of hydrazone groups is 1. The van der Waals surface area contributed by atoms with Gasteiger partial charge in [0, 0.05) is 0 Å². The summed E-state index contributed by atoms with van der Waals surface area (Å²) in [5.74, 6) is -0.865. The Labute approximate surface area is 127 Å². The van der Waals surface area contributed by atoms with Gasteiger partial charge in [0.15, 0.2) is 18.2 Å². The highest BCUT2D eigenvalue weighted by atomic mass is 19.1. The number of phenolic OH excluding ortho intramolecular Hbond substituents is 1. The number of carbonyl (C=O) groups excluding carboxylic acids is 1. The highest BCUT2D eigenvalue weighted by molar-refractivity contribution is 5.99. The van der Waals surface area contributed by atoms with Gasteiger partial charge in [0.1, 0.15) is 5.75 Å². The number of para-hydroxylation sites is 1. The van der Waals surface area contributed by atoms with Crippen molar-refractivity contribution in [2.45, 2.75) is 6.92 Å². The molecule has 0 saturated heterocycles. The summed E-state index contributed by atoms with van der Waals surface area (Å²) < 4.78 is 18.4. The zero-order valence-corrected chi connectivity index (χ0v) is 11.9. The minimum absolute atomic E-state index is 0.0110. The first-order valence-corrected chi connectivity index (χ1v) is 6.56. The molecule has 5 nitrogen and oxygen atoms in total. The number of aromatic hydroxyl groups is 1. The second kappa shape index (κ2) is 7.21. The van der Waals surface area contributed by atoms with E-state index in [-0.39, 0.29) is 18.1 Å². The number of amides is 1. The van der Waals surface area contributed by atoms with Crippen molar-refractivity contribution in [1.82, 2.24) is 5.43 Å². The summed E-state index contributed by atoms with van der Waals surface area (Å²) >= 11 is 0. The van der Waals surface area contributed by atoms with Crippen molar-refractivity contribution in [2.24, 2.45) is 5.10 Å². The molecule has 0 bridgehead atoms. The van der Waals surface area contributed by atoms with Crippen LogP contribution in [0, 0.1) is 5.82 Å². The third-order valence-electron chi connectivity index (χ3n) is 2.83. The number of rotatable bonds is 5. The molecule has 0 aliphatic heterocycles. The van der Waals surface area contributed by atoms with E-state index in [2.05, 4.69) is 10.5 Å². The van der Waals surface area contributed by atoms with E-state index in [0.717, 1.165) is 5.56 Å². The van der Waals surface area contributed by atoms with Crippen LogP contribution in [0.15, 0.2) is 53.6 Å². The lowest BCUT2D eigenvalue weighted by Gasteiger charge is -2.06. The van der Waals surface area contributed by atoms with Gasteiger partial charge < -0.3 is 9.84 Å². The summed E-state index contributed by atoms with van der Waals surface area (Å²) in [5.41, 5.74) is 3.65. The van der Waals surface area contributed by atoms with Gasteiger partial charge in [-0.2, -0.15) is 5.10 Å². The number of nitrogens with one attached hydrogen (secondary N) is 1. The average molecular weight is 302 g/mol. The topological polar surface area (TPSA) is 70.9 Å². The molecule has 22 heavy (non-hydrogen) atoms. The fraction of sp³-hybridized carbons (Fsp3) is 0.125. The standard InChI is InChI=1S/C16H15FN2O3/c1-11(12-6-8-13(20)9-7-12)18-19-16(21)10-22-15-5-3-2-4-14(15)17/h2-9,20H,10H2,1H3,(H,19,21). The Hall–Kier alpha value is -2.89. The van der Waals surface area contributed by atoms with Gasteiger partial charge in [-0.3, -0.25) is 4.79 Å². The summed E-state index contributed by atoms with van der Waals surface area (Å²) in [4.78, 5) is 11.6. The number of hydrogen-bond donors (Lipinski definition) is 2. The normalized spacial score (nSPS) is 11.1. The van der Waals surface area contributed by atoms with Crippen LogP contribution in [0.25, 0.3) is 0 Å².